The number of aromatic nitrogens is 3. The number of ether oxygens (including phenoxy) is 2. The average molecular weight is 440 g/mol. The minimum Gasteiger partial charge on any atom is -0.460 e. The van der Waals surface area contributed by atoms with Gasteiger partial charge in [-0.3, -0.25) is 4.79 Å². The Morgan fingerprint density at radius 2 is 2.06 bits per heavy atom. The first-order valence-corrected chi connectivity index (χ1v) is 11.6. The molecule has 1 fully saturated rings. The standard InChI is InChI=1S/C25H33N3O4/c1-25(2,3)31-23(29)12-8-17-5-4-6-20(11-7-17)30-16-22-27-24(32-28-22)19-10-9-18-13-14-26-21(18)15-19/h9-10,13-15,17,20,26H,4-8,11-12,16H2,1-3H3. The number of esters is 1. The molecule has 172 valence electrons. The summed E-state index contributed by atoms with van der Waals surface area (Å²) >= 11 is 0. The van der Waals surface area contributed by atoms with Crippen LogP contribution < -0.4 is 0 Å². The molecule has 7 nitrogen and oxygen atoms in total. The lowest BCUT2D eigenvalue weighted by molar-refractivity contribution is -0.155. The SMILES string of the molecule is CC(C)(C)OC(=O)CCC1CCCC(OCc2noc(-c3ccc4cc[nH]c4c3)n2)CC1. The number of benzene rings is 1. The molecule has 0 amide bonds. The smallest absolute Gasteiger partial charge is 0.306 e. The van der Waals surface area contributed by atoms with E-state index in [0.717, 1.165) is 55.0 Å². The third kappa shape index (κ3) is 6.19. The second kappa shape index (κ2) is 9.86. The van der Waals surface area contributed by atoms with E-state index < -0.39 is 5.60 Å². The molecule has 1 N–H and O–H groups in total. The highest BCUT2D eigenvalue weighted by atomic mass is 16.6. The zero-order chi connectivity index (χ0) is 22.6. The predicted molar refractivity (Wildman–Crippen MR) is 122 cm³/mol. The number of rotatable bonds is 7. The van der Waals surface area contributed by atoms with Gasteiger partial charge >= 0.3 is 5.97 Å². The Balaban J connectivity index is 1.23. The Morgan fingerprint density at radius 3 is 2.91 bits per heavy atom. The van der Waals surface area contributed by atoms with Gasteiger partial charge in [-0.1, -0.05) is 24.1 Å². The maximum absolute atomic E-state index is 12.0. The third-order valence-electron chi connectivity index (χ3n) is 5.93. The lowest BCUT2D eigenvalue weighted by atomic mass is 9.95. The van der Waals surface area contributed by atoms with E-state index in [2.05, 4.69) is 15.1 Å². The highest BCUT2D eigenvalue weighted by Crippen LogP contribution is 2.29. The van der Waals surface area contributed by atoms with Crippen molar-refractivity contribution < 1.29 is 18.8 Å². The topological polar surface area (TPSA) is 90.2 Å². The Kier molecular flexibility index (Phi) is 6.94. The molecule has 2 unspecified atom stereocenters. The van der Waals surface area contributed by atoms with E-state index in [-0.39, 0.29) is 12.1 Å². The van der Waals surface area contributed by atoms with Crippen LogP contribution in [0.4, 0.5) is 0 Å². The summed E-state index contributed by atoms with van der Waals surface area (Å²) in [5.41, 5.74) is 1.52. The molecule has 0 saturated heterocycles. The molecule has 2 atom stereocenters. The normalized spacial score (nSPS) is 19.7. The second-order valence-electron chi connectivity index (χ2n) is 9.73. The molecule has 7 heteroatoms. The fourth-order valence-corrected chi connectivity index (χ4v) is 4.32. The molecule has 1 saturated carbocycles. The summed E-state index contributed by atoms with van der Waals surface area (Å²) in [5, 5.41) is 5.24. The van der Waals surface area contributed by atoms with Gasteiger partial charge in [0, 0.05) is 23.7 Å². The molecule has 4 rings (SSSR count). The van der Waals surface area contributed by atoms with Gasteiger partial charge in [0.15, 0.2) is 5.82 Å². The number of aromatic amines is 1. The molecule has 1 aliphatic carbocycles. The van der Waals surface area contributed by atoms with Gasteiger partial charge in [0.25, 0.3) is 5.89 Å². The van der Waals surface area contributed by atoms with Crippen molar-refractivity contribution in [1.29, 1.82) is 0 Å². The minimum absolute atomic E-state index is 0.0992. The van der Waals surface area contributed by atoms with Gasteiger partial charge in [0.05, 0.1) is 6.10 Å². The van der Waals surface area contributed by atoms with Crippen molar-refractivity contribution in [2.45, 2.75) is 84.0 Å². The van der Waals surface area contributed by atoms with Crippen LogP contribution in [0.2, 0.25) is 0 Å². The van der Waals surface area contributed by atoms with Gasteiger partial charge in [-0.05, 0) is 76.0 Å². The Hall–Kier alpha value is -2.67. The van der Waals surface area contributed by atoms with Crippen molar-refractivity contribution in [1.82, 2.24) is 15.1 Å². The Bertz CT molecular complexity index is 1030. The van der Waals surface area contributed by atoms with E-state index in [1.54, 1.807) is 0 Å². The van der Waals surface area contributed by atoms with Crippen LogP contribution in [0.15, 0.2) is 35.0 Å². The fourth-order valence-electron chi connectivity index (χ4n) is 4.32. The van der Waals surface area contributed by atoms with Crippen LogP contribution in [-0.2, 0) is 20.9 Å². The first kappa shape index (κ1) is 22.5. The molecule has 32 heavy (non-hydrogen) atoms. The first-order chi connectivity index (χ1) is 15.4. The van der Waals surface area contributed by atoms with Crippen LogP contribution in [-0.4, -0.2) is 32.8 Å². The van der Waals surface area contributed by atoms with Crippen molar-refractivity contribution in [2.75, 3.05) is 0 Å². The summed E-state index contributed by atoms with van der Waals surface area (Å²) < 4.78 is 17.0. The zero-order valence-corrected chi connectivity index (χ0v) is 19.2. The van der Waals surface area contributed by atoms with E-state index in [1.807, 2.05) is 51.2 Å². The van der Waals surface area contributed by atoms with E-state index in [4.69, 9.17) is 14.0 Å². The number of fused-ring (bicyclic) bond motifs is 1. The van der Waals surface area contributed by atoms with E-state index in [1.165, 1.54) is 0 Å². The minimum atomic E-state index is -0.414. The summed E-state index contributed by atoms with van der Waals surface area (Å²) in [5.74, 6) is 1.52. The fraction of sp³-hybridized carbons (Fsp3) is 0.560. The first-order valence-electron chi connectivity index (χ1n) is 11.6. The quantitative estimate of drug-likeness (QED) is 0.369. The highest BCUT2D eigenvalue weighted by molar-refractivity contribution is 5.83. The highest BCUT2D eigenvalue weighted by Gasteiger charge is 2.22. The largest absolute Gasteiger partial charge is 0.460 e. The van der Waals surface area contributed by atoms with Crippen LogP contribution in [0.25, 0.3) is 22.4 Å². The van der Waals surface area contributed by atoms with Crippen LogP contribution in [0, 0.1) is 5.92 Å². The van der Waals surface area contributed by atoms with E-state index in [9.17, 15) is 4.79 Å². The van der Waals surface area contributed by atoms with Crippen LogP contribution in [0.3, 0.4) is 0 Å². The Morgan fingerprint density at radius 1 is 1.19 bits per heavy atom. The predicted octanol–water partition coefficient (Wildman–Crippen LogP) is 5.81. The molecular formula is C25H33N3O4. The second-order valence-corrected chi connectivity index (χ2v) is 9.73. The number of nitrogens with zero attached hydrogens (tertiary/aromatic N) is 2. The number of carbonyl (C=O) groups excluding carboxylic acids is 1. The average Bonchev–Trinajstić information content (AvgIpc) is 3.34. The molecule has 0 radical (unpaired) electrons. The summed E-state index contributed by atoms with van der Waals surface area (Å²) in [6.07, 6.45) is 8.82. The lowest BCUT2D eigenvalue weighted by Crippen LogP contribution is -2.24. The van der Waals surface area contributed by atoms with E-state index in [0.29, 0.717) is 30.7 Å². The number of hydrogen-bond acceptors (Lipinski definition) is 6. The summed E-state index contributed by atoms with van der Waals surface area (Å²) in [6.45, 7) is 6.07. The molecule has 1 aliphatic rings. The van der Waals surface area contributed by atoms with Crippen molar-refractivity contribution >= 4 is 16.9 Å². The van der Waals surface area contributed by atoms with Crippen molar-refractivity contribution in [3.8, 4) is 11.5 Å². The number of carbonyl (C=O) groups is 1. The van der Waals surface area contributed by atoms with Crippen LogP contribution in [0.1, 0.15) is 71.5 Å². The maximum atomic E-state index is 12.0. The monoisotopic (exact) mass is 439 g/mol. The molecule has 2 heterocycles. The lowest BCUT2D eigenvalue weighted by Gasteiger charge is -2.20. The molecule has 1 aromatic carbocycles. The van der Waals surface area contributed by atoms with Gasteiger partial charge < -0.3 is 19.0 Å². The number of H-pyrrole nitrogens is 1. The van der Waals surface area contributed by atoms with Crippen molar-refractivity contribution in [3.05, 3.63) is 36.3 Å². The zero-order valence-electron chi connectivity index (χ0n) is 19.2. The maximum Gasteiger partial charge on any atom is 0.306 e. The molecular weight excluding hydrogens is 406 g/mol. The summed E-state index contributed by atoms with van der Waals surface area (Å²) in [7, 11) is 0. The van der Waals surface area contributed by atoms with Gasteiger partial charge in [-0.2, -0.15) is 4.98 Å². The molecule has 0 bridgehead atoms. The van der Waals surface area contributed by atoms with Crippen LogP contribution in [0.5, 0.6) is 0 Å². The Labute approximate surface area is 188 Å². The van der Waals surface area contributed by atoms with Gasteiger partial charge in [-0.25, -0.2) is 0 Å². The number of nitrogens with one attached hydrogen (secondary N) is 1. The van der Waals surface area contributed by atoms with Crippen molar-refractivity contribution in [2.24, 2.45) is 5.92 Å². The van der Waals surface area contributed by atoms with E-state index >= 15 is 0 Å². The van der Waals surface area contributed by atoms with Gasteiger partial charge in [0.1, 0.15) is 12.2 Å². The number of hydrogen-bond donors (Lipinski definition) is 1. The molecule has 3 aromatic rings. The summed E-state index contributed by atoms with van der Waals surface area (Å²) in [4.78, 5) is 19.7. The molecule has 0 spiro atoms. The van der Waals surface area contributed by atoms with Gasteiger partial charge in [0.2, 0.25) is 0 Å². The van der Waals surface area contributed by atoms with Crippen LogP contribution >= 0.6 is 0 Å². The third-order valence-corrected chi connectivity index (χ3v) is 5.93. The molecule has 2 aromatic heterocycles. The van der Waals surface area contributed by atoms with Gasteiger partial charge in [-0.15, -0.1) is 0 Å². The molecule has 0 aliphatic heterocycles. The summed E-state index contributed by atoms with van der Waals surface area (Å²) in [6, 6.07) is 8.06. The van der Waals surface area contributed by atoms with Crippen molar-refractivity contribution in [3.63, 3.8) is 0 Å².